The molecule has 0 saturated carbocycles. The second kappa shape index (κ2) is 7.78. The lowest BCUT2D eigenvalue weighted by molar-refractivity contribution is 0.00535. The van der Waals surface area contributed by atoms with E-state index in [1.165, 1.54) is 5.56 Å². The van der Waals surface area contributed by atoms with Gasteiger partial charge in [0.2, 0.25) is 0 Å². The van der Waals surface area contributed by atoms with Gasteiger partial charge in [-0.3, -0.25) is 0 Å². The molecule has 2 nitrogen and oxygen atoms in total. The van der Waals surface area contributed by atoms with Crippen LogP contribution >= 0.6 is 11.6 Å². The average Bonchev–Trinajstić information content (AvgIpc) is 2.33. The molecular formula is C15H24ClNO. The summed E-state index contributed by atoms with van der Waals surface area (Å²) in [5.41, 5.74) is 1.24. The fourth-order valence-electron chi connectivity index (χ4n) is 2.27. The van der Waals surface area contributed by atoms with Crippen LogP contribution in [0.25, 0.3) is 0 Å². The van der Waals surface area contributed by atoms with E-state index in [0.29, 0.717) is 12.0 Å². The maximum atomic E-state index is 6.02. The van der Waals surface area contributed by atoms with Crippen molar-refractivity contribution in [3.8, 4) is 0 Å². The number of hydrogen-bond donors (Lipinski definition) is 1. The Labute approximate surface area is 116 Å². The number of benzene rings is 1. The molecule has 0 saturated heterocycles. The zero-order chi connectivity index (χ0) is 13.5. The molecule has 0 aliphatic rings. The summed E-state index contributed by atoms with van der Waals surface area (Å²) in [6.07, 6.45) is 1.15. The van der Waals surface area contributed by atoms with E-state index in [-0.39, 0.29) is 6.10 Å². The number of likely N-dealkylation sites (N-methyl/N-ethyl adjacent to an activating group) is 1. The van der Waals surface area contributed by atoms with Gasteiger partial charge in [-0.25, -0.2) is 0 Å². The van der Waals surface area contributed by atoms with Crippen LogP contribution in [0.4, 0.5) is 0 Å². The average molecular weight is 270 g/mol. The Hall–Kier alpha value is -0.570. The lowest BCUT2D eigenvalue weighted by Gasteiger charge is -2.30. The zero-order valence-electron chi connectivity index (χ0n) is 11.7. The summed E-state index contributed by atoms with van der Waals surface area (Å²) in [5.74, 6) is 0.488. The molecule has 0 bridgehead atoms. The van der Waals surface area contributed by atoms with Gasteiger partial charge in [0.25, 0.3) is 0 Å². The largest absolute Gasteiger partial charge is 0.377 e. The first-order valence-electron chi connectivity index (χ1n) is 6.61. The predicted molar refractivity (Wildman–Crippen MR) is 78.3 cm³/mol. The lowest BCUT2D eigenvalue weighted by Crippen LogP contribution is -2.44. The molecule has 0 radical (unpaired) electrons. The van der Waals surface area contributed by atoms with E-state index < -0.39 is 0 Å². The van der Waals surface area contributed by atoms with Gasteiger partial charge in [-0.1, -0.05) is 37.6 Å². The normalized spacial score (nSPS) is 14.8. The van der Waals surface area contributed by atoms with Gasteiger partial charge < -0.3 is 10.1 Å². The van der Waals surface area contributed by atoms with Crippen molar-refractivity contribution < 1.29 is 4.74 Å². The van der Waals surface area contributed by atoms with Gasteiger partial charge >= 0.3 is 0 Å². The Bertz CT molecular complexity index is 354. The van der Waals surface area contributed by atoms with E-state index >= 15 is 0 Å². The second-order valence-corrected chi connectivity index (χ2v) is 5.33. The number of ether oxygens (including phenoxy) is 1. The summed E-state index contributed by atoms with van der Waals surface area (Å²) in [4.78, 5) is 0. The van der Waals surface area contributed by atoms with Crippen molar-refractivity contribution in [2.45, 2.75) is 39.3 Å². The van der Waals surface area contributed by atoms with Crippen LogP contribution in [0.5, 0.6) is 0 Å². The fraction of sp³-hybridized carbons (Fsp3) is 0.600. The van der Waals surface area contributed by atoms with Crippen LogP contribution in [0.1, 0.15) is 26.3 Å². The highest BCUT2D eigenvalue weighted by Gasteiger charge is 2.23. The highest BCUT2D eigenvalue weighted by molar-refractivity contribution is 6.30. The molecule has 18 heavy (non-hydrogen) atoms. The van der Waals surface area contributed by atoms with E-state index in [1.807, 2.05) is 32.2 Å². The Morgan fingerprint density at radius 3 is 2.56 bits per heavy atom. The molecule has 1 aromatic rings. The molecule has 1 rings (SSSR count). The maximum absolute atomic E-state index is 6.02. The van der Waals surface area contributed by atoms with Crippen molar-refractivity contribution >= 4 is 11.6 Å². The van der Waals surface area contributed by atoms with E-state index in [1.54, 1.807) is 0 Å². The standard InChI is InChI=1S/C15H24ClNO/c1-5-18-15(11(2)3)14(17-4)10-12-7-6-8-13(16)9-12/h6-9,11,14-15,17H,5,10H2,1-4H3. The predicted octanol–water partition coefficient (Wildman–Crippen LogP) is 3.53. The number of rotatable bonds is 7. The minimum Gasteiger partial charge on any atom is -0.377 e. The SMILES string of the molecule is CCOC(C(C)C)C(Cc1cccc(Cl)c1)NC. The third kappa shape index (κ3) is 4.60. The first-order valence-corrected chi connectivity index (χ1v) is 6.99. The summed E-state index contributed by atoms with van der Waals surface area (Å²) >= 11 is 6.02. The van der Waals surface area contributed by atoms with Crippen LogP contribution in [0.3, 0.4) is 0 Å². The molecule has 2 unspecified atom stereocenters. The van der Waals surface area contributed by atoms with E-state index in [2.05, 4.69) is 25.2 Å². The molecule has 102 valence electrons. The Morgan fingerprint density at radius 2 is 2.06 bits per heavy atom. The van der Waals surface area contributed by atoms with Gasteiger partial charge in [0.1, 0.15) is 0 Å². The number of halogens is 1. The molecule has 0 spiro atoms. The van der Waals surface area contributed by atoms with Crippen LogP contribution in [0.2, 0.25) is 5.02 Å². The van der Waals surface area contributed by atoms with Crippen molar-refractivity contribution in [2.24, 2.45) is 5.92 Å². The molecule has 0 aliphatic carbocycles. The summed E-state index contributed by atoms with van der Waals surface area (Å²) < 4.78 is 5.86. The van der Waals surface area contributed by atoms with Crippen molar-refractivity contribution in [1.82, 2.24) is 5.32 Å². The van der Waals surface area contributed by atoms with Gasteiger partial charge in [-0.05, 0) is 44.0 Å². The van der Waals surface area contributed by atoms with Crippen LogP contribution in [0.15, 0.2) is 24.3 Å². The number of hydrogen-bond acceptors (Lipinski definition) is 2. The highest BCUT2D eigenvalue weighted by atomic mass is 35.5. The van der Waals surface area contributed by atoms with Crippen molar-refractivity contribution in [3.63, 3.8) is 0 Å². The van der Waals surface area contributed by atoms with Crippen LogP contribution in [-0.2, 0) is 11.2 Å². The fourth-order valence-corrected chi connectivity index (χ4v) is 2.48. The lowest BCUT2D eigenvalue weighted by atomic mass is 9.94. The van der Waals surface area contributed by atoms with Gasteiger partial charge in [0, 0.05) is 17.7 Å². The first kappa shape index (κ1) is 15.5. The monoisotopic (exact) mass is 269 g/mol. The molecule has 3 heteroatoms. The molecule has 0 aliphatic heterocycles. The molecule has 1 N–H and O–H groups in total. The second-order valence-electron chi connectivity index (χ2n) is 4.89. The zero-order valence-corrected chi connectivity index (χ0v) is 12.5. The van der Waals surface area contributed by atoms with Crippen LogP contribution < -0.4 is 5.32 Å². The van der Waals surface area contributed by atoms with Crippen LogP contribution in [0, 0.1) is 5.92 Å². The van der Waals surface area contributed by atoms with Gasteiger partial charge in [-0.15, -0.1) is 0 Å². The summed E-state index contributed by atoms with van der Waals surface area (Å²) in [5, 5.41) is 4.16. The quantitative estimate of drug-likeness (QED) is 0.818. The topological polar surface area (TPSA) is 21.3 Å². The minimum absolute atomic E-state index is 0.221. The smallest absolute Gasteiger partial charge is 0.0753 e. The molecule has 0 aromatic heterocycles. The van der Waals surface area contributed by atoms with Crippen molar-refractivity contribution in [1.29, 1.82) is 0 Å². The van der Waals surface area contributed by atoms with Gasteiger partial charge in [-0.2, -0.15) is 0 Å². The van der Waals surface area contributed by atoms with Crippen molar-refractivity contribution in [2.75, 3.05) is 13.7 Å². The molecular weight excluding hydrogens is 246 g/mol. The van der Waals surface area contributed by atoms with Gasteiger partial charge in [0.05, 0.1) is 6.10 Å². The van der Waals surface area contributed by atoms with Crippen molar-refractivity contribution in [3.05, 3.63) is 34.9 Å². The van der Waals surface area contributed by atoms with E-state index in [9.17, 15) is 0 Å². The highest BCUT2D eigenvalue weighted by Crippen LogP contribution is 2.17. The first-order chi connectivity index (χ1) is 8.58. The summed E-state index contributed by atoms with van der Waals surface area (Å²) in [6, 6.07) is 8.34. The van der Waals surface area contributed by atoms with E-state index in [4.69, 9.17) is 16.3 Å². The Morgan fingerprint density at radius 1 is 1.33 bits per heavy atom. The maximum Gasteiger partial charge on any atom is 0.0753 e. The Balaban J connectivity index is 2.76. The third-order valence-electron chi connectivity index (χ3n) is 3.13. The third-order valence-corrected chi connectivity index (χ3v) is 3.36. The molecule has 2 atom stereocenters. The summed E-state index contributed by atoms with van der Waals surface area (Å²) in [7, 11) is 1.99. The van der Waals surface area contributed by atoms with Crippen LogP contribution in [-0.4, -0.2) is 25.8 Å². The molecule has 0 amide bonds. The summed E-state index contributed by atoms with van der Waals surface area (Å²) in [6.45, 7) is 7.18. The van der Waals surface area contributed by atoms with Gasteiger partial charge in [0.15, 0.2) is 0 Å². The number of nitrogens with one attached hydrogen (secondary N) is 1. The Kier molecular flexibility index (Phi) is 6.69. The molecule has 1 aromatic carbocycles. The molecule has 0 heterocycles. The minimum atomic E-state index is 0.221. The van der Waals surface area contributed by atoms with E-state index in [0.717, 1.165) is 18.1 Å². The molecule has 0 fully saturated rings.